The third-order valence-electron chi connectivity index (χ3n) is 6.16. The van der Waals surface area contributed by atoms with Crippen molar-refractivity contribution < 1.29 is 4.79 Å². The summed E-state index contributed by atoms with van der Waals surface area (Å²) in [7, 11) is -3.44. The second kappa shape index (κ2) is 10.0. The molecule has 3 heteroatoms. The predicted octanol–water partition coefficient (Wildman–Crippen LogP) is 7.18. The van der Waals surface area contributed by atoms with Gasteiger partial charge in [0.15, 0.2) is 0 Å². The molecule has 0 radical (unpaired) electrons. The van der Waals surface area contributed by atoms with Crippen molar-refractivity contribution in [2.45, 2.75) is 116 Å². The van der Waals surface area contributed by atoms with E-state index in [0.717, 1.165) is 0 Å². The highest BCUT2D eigenvalue weighted by Crippen LogP contribution is 2.46. The minimum absolute atomic E-state index is 0.239. The van der Waals surface area contributed by atoms with E-state index >= 15 is 0 Å². The molecule has 0 aliphatic carbocycles. The molecule has 0 fully saturated rings. The van der Waals surface area contributed by atoms with Crippen molar-refractivity contribution in [1.29, 1.82) is 0 Å². The highest BCUT2D eigenvalue weighted by molar-refractivity contribution is 7.08. The Hall–Kier alpha value is -0.116. The van der Waals surface area contributed by atoms with Crippen LogP contribution >= 0.6 is 0 Å². The summed E-state index contributed by atoms with van der Waals surface area (Å²) in [4.78, 5) is 13.6. The molecular weight excluding hydrogens is 312 g/mol. The fraction of sp³-hybridized carbons (Fsp3) is 0.900. The molecule has 0 rings (SSSR count). The Morgan fingerprint density at radius 2 is 1.17 bits per heavy atom. The van der Waals surface area contributed by atoms with Gasteiger partial charge in [0.25, 0.3) is 0 Å². The summed E-state index contributed by atoms with van der Waals surface area (Å²) < 4.78 is 0. The van der Waals surface area contributed by atoms with Gasteiger partial charge in [-0.25, -0.2) is 4.79 Å². The van der Waals surface area contributed by atoms with Crippen molar-refractivity contribution in [2.24, 2.45) is 0 Å². The van der Waals surface area contributed by atoms with E-state index in [4.69, 9.17) is 0 Å². The van der Waals surface area contributed by atoms with Gasteiger partial charge in [-0.15, -0.1) is 0 Å². The van der Waals surface area contributed by atoms with Crippen molar-refractivity contribution in [1.82, 2.24) is 0 Å². The molecule has 0 atom stereocenters. The zero-order chi connectivity index (χ0) is 18.1. The van der Waals surface area contributed by atoms with Crippen LogP contribution in [0.2, 0.25) is 36.3 Å². The average Bonchev–Trinajstić information content (AvgIpc) is 2.47. The van der Waals surface area contributed by atoms with Crippen molar-refractivity contribution >= 4 is 22.1 Å². The van der Waals surface area contributed by atoms with Crippen LogP contribution in [0.3, 0.4) is 0 Å². The number of hydrogen-bond acceptors (Lipinski definition) is 1. The summed E-state index contributed by atoms with van der Waals surface area (Å²) in [5, 5.41) is 0.239. The molecular formula is C20H42OSi2. The van der Waals surface area contributed by atoms with Crippen molar-refractivity contribution in [3.05, 3.63) is 4.82 Å². The summed E-state index contributed by atoms with van der Waals surface area (Å²) in [6.45, 7) is 18.7. The Labute approximate surface area is 148 Å². The van der Waals surface area contributed by atoms with Gasteiger partial charge < -0.3 is 0 Å². The quantitative estimate of drug-likeness (QED) is 0.283. The topological polar surface area (TPSA) is 17.1 Å². The van der Waals surface area contributed by atoms with Gasteiger partial charge in [-0.3, -0.25) is 0 Å². The van der Waals surface area contributed by atoms with Gasteiger partial charge >= 0.3 is 0 Å². The van der Waals surface area contributed by atoms with Crippen LogP contribution in [0.25, 0.3) is 0 Å². The Bertz CT molecular complexity index is 365. The van der Waals surface area contributed by atoms with Gasteiger partial charge in [-0.05, 0) is 9.86 Å². The molecule has 0 heterocycles. The van der Waals surface area contributed by atoms with E-state index in [1.165, 1.54) is 61.5 Å². The molecule has 136 valence electrons. The molecule has 0 aromatic carbocycles. The zero-order valence-corrected chi connectivity index (χ0v) is 19.3. The van der Waals surface area contributed by atoms with Crippen LogP contribution in [0.4, 0.5) is 0 Å². The van der Waals surface area contributed by atoms with Crippen LogP contribution in [-0.4, -0.2) is 22.1 Å². The Morgan fingerprint density at radius 3 is 1.39 bits per heavy atom. The van der Waals surface area contributed by atoms with E-state index < -0.39 is 16.1 Å². The third-order valence-corrected chi connectivity index (χ3v) is 19.8. The molecule has 0 amide bonds. The van der Waals surface area contributed by atoms with Crippen LogP contribution in [0.1, 0.15) is 80.1 Å². The third kappa shape index (κ3) is 6.03. The summed E-state index contributed by atoms with van der Waals surface area (Å²) in [5.41, 5.74) is 0. The van der Waals surface area contributed by atoms with Crippen LogP contribution < -0.4 is 0 Å². The fourth-order valence-electron chi connectivity index (χ4n) is 3.57. The molecule has 0 unspecified atom stereocenters. The van der Waals surface area contributed by atoms with Gasteiger partial charge in [0.05, 0.1) is 16.1 Å². The first-order valence-corrected chi connectivity index (χ1v) is 15.5. The minimum Gasteiger partial charge on any atom is -0.234 e. The van der Waals surface area contributed by atoms with E-state index in [2.05, 4.69) is 60.6 Å². The fourth-order valence-corrected chi connectivity index (χ4v) is 16.9. The van der Waals surface area contributed by atoms with Gasteiger partial charge in [0.1, 0.15) is 5.94 Å². The van der Waals surface area contributed by atoms with Crippen molar-refractivity contribution in [2.75, 3.05) is 0 Å². The van der Waals surface area contributed by atoms with Gasteiger partial charge in [0, 0.05) is 0 Å². The number of hydrogen-bond donors (Lipinski definition) is 0. The summed E-state index contributed by atoms with van der Waals surface area (Å²) in [6, 6.07) is 3.96. The van der Waals surface area contributed by atoms with Crippen molar-refractivity contribution in [3.63, 3.8) is 0 Å². The van der Waals surface area contributed by atoms with Crippen LogP contribution in [0, 0.1) is 0 Å². The SMILES string of the molecule is CCCC[Si](CCCC)(CCCC)C(=C=O)[Si](C)(C)C(C)(C)C. The summed E-state index contributed by atoms with van der Waals surface area (Å²) in [6.07, 6.45) is 7.61. The van der Waals surface area contributed by atoms with E-state index in [0.29, 0.717) is 0 Å². The molecule has 1 nitrogen and oxygen atoms in total. The maximum absolute atomic E-state index is 12.2. The zero-order valence-electron chi connectivity index (χ0n) is 17.3. The van der Waals surface area contributed by atoms with Crippen LogP contribution in [0.5, 0.6) is 0 Å². The largest absolute Gasteiger partial charge is 0.234 e. The molecule has 0 bridgehead atoms. The standard InChI is InChI=1S/C20H42OSi2/c1-9-12-15-23(16-13-10-2,17-14-11-3)19(18-21)22(7,8)20(4,5)6/h9-17H2,1-8H3. The smallest absolute Gasteiger partial charge is 0.114 e. The van der Waals surface area contributed by atoms with Crippen LogP contribution in [-0.2, 0) is 4.79 Å². The number of carbonyl (C=O) groups excluding carboxylic acids is 1. The lowest BCUT2D eigenvalue weighted by molar-refractivity contribution is 0.568. The van der Waals surface area contributed by atoms with Crippen molar-refractivity contribution in [3.8, 4) is 0 Å². The maximum atomic E-state index is 12.2. The first-order chi connectivity index (χ1) is 10.6. The molecule has 0 spiro atoms. The monoisotopic (exact) mass is 354 g/mol. The Kier molecular flexibility index (Phi) is 9.96. The number of rotatable bonds is 11. The molecule has 0 saturated heterocycles. The molecule has 0 aliphatic heterocycles. The van der Waals surface area contributed by atoms with Gasteiger partial charge in [-0.1, -0.05) is 111 Å². The first-order valence-electron chi connectivity index (χ1n) is 9.89. The molecule has 0 aliphatic rings. The first kappa shape index (κ1) is 22.9. The number of unbranched alkanes of at least 4 members (excludes halogenated alkanes) is 3. The molecule has 0 aromatic heterocycles. The van der Waals surface area contributed by atoms with E-state index in [-0.39, 0.29) is 5.04 Å². The molecule has 0 N–H and O–H groups in total. The lowest BCUT2D eigenvalue weighted by atomic mass is 10.2. The second-order valence-corrected chi connectivity index (χ2v) is 19.3. The highest BCUT2D eigenvalue weighted by atomic mass is 28.4. The Balaban J connectivity index is 5.95. The lowest BCUT2D eigenvalue weighted by Crippen LogP contribution is -2.53. The highest BCUT2D eigenvalue weighted by Gasteiger charge is 2.49. The molecule has 23 heavy (non-hydrogen) atoms. The average molecular weight is 355 g/mol. The molecule has 0 aromatic rings. The van der Waals surface area contributed by atoms with Gasteiger partial charge in [-0.2, -0.15) is 0 Å². The lowest BCUT2D eigenvalue weighted by Gasteiger charge is -2.45. The van der Waals surface area contributed by atoms with E-state index in [9.17, 15) is 4.79 Å². The summed E-state index contributed by atoms with van der Waals surface area (Å²) in [5.74, 6) is 2.61. The van der Waals surface area contributed by atoms with E-state index in [1.807, 2.05) is 0 Å². The second-order valence-electron chi connectivity index (χ2n) is 8.94. The van der Waals surface area contributed by atoms with E-state index in [1.54, 1.807) is 0 Å². The van der Waals surface area contributed by atoms with Crippen LogP contribution in [0.15, 0.2) is 4.82 Å². The van der Waals surface area contributed by atoms with Gasteiger partial charge in [0.2, 0.25) is 0 Å². The molecule has 0 saturated carbocycles. The minimum atomic E-state index is -1.76. The summed E-state index contributed by atoms with van der Waals surface area (Å²) >= 11 is 0. The Morgan fingerprint density at radius 1 is 0.826 bits per heavy atom. The predicted molar refractivity (Wildman–Crippen MR) is 111 cm³/mol. The maximum Gasteiger partial charge on any atom is 0.114 e. The normalized spacial score (nSPS) is 13.0.